The molecule has 0 amide bonds. The molecule has 0 atom stereocenters. The van der Waals surface area contributed by atoms with Gasteiger partial charge in [0.25, 0.3) is 0 Å². The molecule has 0 unspecified atom stereocenters. The zero-order chi connectivity index (χ0) is 14.1. The molecule has 0 aliphatic heterocycles. The number of rotatable bonds is 2. The Kier molecular flexibility index (Phi) is 3.01. The summed E-state index contributed by atoms with van der Waals surface area (Å²) in [5, 5.41) is 9.84. The van der Waals surface area contributed by atoms with E-state index < -0.39 is 0 Å². The summed E-state index contributed by atoms with van der Waals surface area (Å²) in [5.41, 5.74) is 8.23. The predicted molar refractivity (Wildman–Crippen MR) is 80.7 cm³/mol. The number of benzene rings is 1. The number of ether oxygens (including phenoxy) is 1. The van der Waals surface area contributed by atoms with E-state index in [-0.39, 0.29) is 0 Å². The number of pyridine rings is 1. The summed E-state index contributed by atoms with van der Waals surface area (Å²) in [6.07, 6.45) is 0. The Morgan fingerprint density at radius 2 is 2.15 bits per heavy atom. The Morgan fingerprint density at radius 3 is 2.90 bits per heavy atom. The zero-order valence-corrected chi connectivity index (χ0v) is 11.6. The van der Waals surface area contributed by atoms with Crippen LogP contribution in [0.4, 0.5) is 5.69 Å². The van der Waals surface area contributed by atoms with Crippen molar-refractivity contribution in [2.45, 2.75) is 0 Å². The topological polar surface area (TPSA) is 71.9 Å². The average Bonchev–Trinajstić information content (AvgIpc) is 2.83. The largest absolute Gasteiger partial charge is 0.497 e. The normalized spacial score (nSPS) is 10.4. The molecule has 3 aromatic rings. The molecule has 0 saturated heterocycles. The molecule has 2 aromatic heterocycles. The summed E-state index contributed by atoms with van der Waals surface area (Å²) >= 11 is 1.31. The molecule has 1 aromatic carbocycles. The van der Waals surface area contributed by atoms with Crippen LogP contribution in [0.2, 0.25) is 0 Å². The number of hydrogen-bond acceptors (Lipinski definition) is 5. The van der Waals surface area contributed by atoms with E-state index in [2.05, 4.69) is 11.1 Å². The van der Waals surface area contributed by atoms with Crippen molar-refractivity contribution in [3.8, 4) is 23.1 Å². The minimum Gasteiger partial charge on any atom is -0.497 e. The molecular formula is C15H11N3OS. The maximum atomic E-state index is 9.01. The van der Waals surface area contributed by atoms with Crippen LogP contribution in [0.15, 0.2) is 36.4 Å². The van der Waals surface area contributed by atoms with E-state index in [0.717, 1.165) is 27.2 Å². The van der Waals surface area contributed by atoms with Gasteiger partial charge in [-0.3, -0.25) is 0 Å². The van der Waals surface area contributed by atoms with Gasteiger partial charge in [0.1, 0.15) is 21.5 Å². The highest BCUT2D eigenvalue weighted by Gasteiger charge is 2.11. The van der Waals surface area contributed by atoms with Crippen molar-refractivity contribution in [2.75, 3.05) is 12.8 Å². The van der Waals surface area contributed by atoms with Crippen molar-refractivity contribution in [1.29, 1.82) is 5.26 Å². The summed E-state index contributed by atoms with van der Waals surface area (Å²) in [6, 6.07) is 13.6. The summed E-state index contributed by atoms with van der Waals surface area (Å²) in [5.74, 6) is 0.785. The van der Waals surface area contributed by atoms with Crippen molar-refractivity contribution in [3.05, 3.63) is 41.3 Å². The second-order valence-electron chi connectivity index (χ2n) is 4.24. The summed E-state index contributed by atoms with van der Waals surface area (Å²) in [7, 11) is 1.63. The molecule has 98 valence electrons. The number of nitriles is 1. The SMILES string of the molecule is COc1cccc(-c2ccc3c(N)c(C#N)sc3n2)c1. The van der Waals surface area contributed by atoms with Gasteiger partial charge < -0.3 is 10.5 Å². The molecule has 4 nitrogen and oxygen atoms in total. The van der Waals surface area contributed by atoms with Crippen molar-refractivity contribution < 1.29 is 4.74 Å². The number of fused-ring (bicyclic) bond motifs is 1. The van der Waals surface area contributed by atoms with Crippen LogP contribution in [-0.2, 0) is 0 Å². The van der Waals surface area contributed by atoms with Crippen molar-refractivity contribution in [2.24, 2.45) is 0 Å². The third-order valence-corrected chi connectivity index (χ3v) is 4.08. The van der Waals surface area contributed by atoms with Crippen LogP contribution in [0.1, 0.15) is 4.88 Å². The third kappa shape index (κ3) is 1.96. The molecule has 20 heavy (non-hydrogen) atoms. The lowest BCUT2D eigenvalue weighted by molar-refractivity contribution is 0.415. The highest BCUT2D eigenvalue weighted by Crippen LogP contribution is 2.33. The van der Waals surface area contributed by atoms with Gasteiger partial charge in [0.2, 0.25) is 0 Å². The fraction of sp³-hybridized carbons (Fsp3) is 0.0667. The molecule has 0 saturated carbocycles. The monoisotopic (exact) mass is 281 g/mol. The van der Waals surface area contributed by atoms with E-state index in [1.807, 2.05) is 36.4 Å². The Hall–Kier alpha value is -2.58. The van der Waals surface area contributed by atoms with Crippen LogP contribution in [0, 0.1) is 11.3 Å². The first kappa shape index (κ1) is 12.5. The molecule has 0 spiro atoms. The first-order valence-electron chi connectivity index (χ1n) is 5.96. The van der Waals surface area contributed by atoms with Gasteiger partial charge in [-0.2, -0.15) is 5.26 Å². The maximum absolute atomic E-state index is 9.01. The summed E-state index contributed by atoms with van der Waals surface area (Å²) < 4.78 is 5.22. The predicted octanol–water partition coefficient (Wildman–Crippen LogP) is 3.43. The fourth-order valence-electron chi connectivity index (χ4n) is 2.02. The first-order valence-corrected chi connectivity index (χ1v) is 6.78. The van der Waals surface area contributed by atoms with E-state index >= 15 is 0 Å². The standard InChI is InChI=1S/C15H11N3OS/c1-19-10-4-2-3-9(7-10)12-6-5-11-14(17)13(8-16)20-15(11)18-12/h2-7H,17H2,1H3. The minimum atomic E-state index is 0.510. The number of thiophene rings is 1. The molecule has 0 fully saturated rings. The molecule has 2 heterocycles. The smallest absolute Gasteiger partial charge is 0.130 e. The fourth-order valence-corrected chi connectivity index (χ4v) is 2.91. The number of nitrogen functional groups attached to an aromatic ring is 1. The number of nitrogens with zero attached hydrogens (tertiary/aromatic N) is 2. The molecule has 0 bridgehead atoms. The van der Waals surface area contributed by atoms with Gasteiger partial charge in [-0.15, -0.1) is 11.3 Å². The lowest BCUT2D eigenvalue weighted by Gasteiger charge is -2.04. The summed E-state index contributed by atoms with van der Waals surface area (Å²) in [4.78, 5) is 5.87. The van der Waals surface area contributed by atoms with Crippen LogP contribution < -0.4 is 10.5 Å². The maximum Gasteiger partial charge on any atom is 0.130 e. The van der Waals surface area contributed by atoms with Gasteiger partial charge in [-0.25, -0.2) is 4.98 Å². The lowest BCUT2D eigenvalue weighted by atomic mass is 10.1. The van der Waals surface area contributed by atoms with Gasteiger partial charge in [-0.05, 0) is 24.3 Å². The van der Waals surface area contributed by atoms with Gasteiger partial charge in [0.15, 0.2) is 0 Å². The molecule has 3 rings (SSSR count). The van der Waals surface area contributed by atoms with Crippen LogP contribution >= 0.6 is 11.3 Å². The molecule has 0 aliphatic carbocycles. The van der Waals surface area contributed by atoms with Crippen LogP contribution in [0.3, 0.4) is 0 Å². The van der Waals surface area contributed by atoms with E-state index in [9.17, 15) is 0 Å². The number of nitrogens with two attached hydrogens (primary N) is 1. The van der Waals surface area contributed by atoms with E-state index in [0.29, 0.717) is 10.6 Å². The minimum absolute atomic E-state index is 0.510. The highest BCUT2D eigenvalue weighted by atomic mass is 32.1. The van der Waals surface area contributed by atoms with E-state index in [1.54, 1.807) is 7.11 Å². The van der Waals surface area contributed by atoms with Crippen molar-refractivity contribution in [3.63, 3.8) is 0 Å². The second-order valence-corrected chi connectivity index (χ2v) is 5.24. The molecule has 2 N–H and O–H groups in total. The Bertz CT molecular complexity index is 833. The first-order chi connectivity index (χ1) is 9.72. The zero-order valence-electron chi connectivity index (χ0n) is 10.8. The quantitative estimate of drug-likeness (QED) is 0.781. The number of methoxy groups -OCH3 is 1. The van der Waals surface area contributed by atoms with Gasteiger partial charge in [-0.1, -0.05) is 12.1 Å². The Balaban J connectivity index is 2.15. The van der Waals surface area contributed by atoms with Gasteiger partial charge in [0, 0.05) is 10.9 Å². The molecule has 0 aliphatic rings. The van der Waals surface area contributed by atoms with E-state index in [4.69, 9.17) is 15.7 Å². The summed E-state index contributed by atoms with van der Waals surface area (Å²) in [6.45, 7) is 0. The highest BCUT2D eigenvalue weighted by molar-refractivity contribution is 7.19. The molecular weight excluding hydrogens is 270 g/mol. The van der Waals surface area contributed by atoms with Crippen LogP contribution in [0.25, 0.3) is 21.5 Å². The lowest BCUT2D eigenvalue weighted by Crippen LogP contribution is -1.87. The third-order valence-electron chi connectivity index (χ3n) is 3.06. The van der Waals surface area contributed by atoms with Crippen LogP contribution in [-0.4, -0.2) is 12.1 Å². The average molecular weight is 281 g/mol. The van der Waals surface area contributed by atoms with Gasteiger partial charge >= 0.3 is 0 Å². The Labute approximate surface area is 120 Å². The van der Waals surface area contributed by atoms with Crippen molar-refractivity contribution >= 4 is 27.2 Å². The van der Waals surface area contributed by atoms with Crippen molar-refractivity contribution in [1.82, 2.24) is 4.98 Å². The second kappa shape index (κ2) is 4.83. The number of anilines is 1. The number of hydrogen-bond donors (Lipinski definition) is 1. The molecule has 5 heteroatoms. The molecule has 0 radical (unpaired) electrons. The van der Waals surface area contributed by atoms with Crippen LogP contribution in [0.5, 0.6) is 5.75 Å². The Morgan fingerprint density at radius 1 is 1.30 bits per heavy atom. The number of aromatic nitrogens is 1. The van der Waals surface area contributed by atoms with Gasteiger partial charge in [0.05, 0.1) is 18.5 Å². The van der Waals surface area contributed by atoms with E-state index in [1.165, 1.54) is 11.3 Å².